The first kappa shape index (κ1) is 14.3. The fourth-order valence-electron chi connectivity index (χ4n) is 3.68. The molecule has 0 amide bonds. The van der Waals surface area contributed by atoms with Gasteiger partial charge in [0, 0.05) is 19.0 Å². The van der Waals surface area contributed by atoms with E-state index >= 15 is 0 Å². The van der Waals surface area contributed by atoms with E-state index in [0.717, 1.165) is 31.8 Å². The van der Waals surface area contributed by atoms with Gasteiger partial charge in [-0.3, -0.25) is 0 Å². The van der Waals surface area contributed by atoms with Crippen molar-refractivity contribution in [3.05, 3.63) is 47.5 Å². The number of anilines is 1. The summed E-state index contributed by atoms with van der Waals surface area (Å²) in [7, 11) is 0. The molecule has 4 heteroatoms. The molecular formula is C19H21N3O. The lowest BCUT2D eigenvalue weighted by atomic mass is 10.0. The SMILES string of the molecule is CC1CCCN(c2oc(C3CC3c3ccccc3)nc2C#N)C1. The van der Waals surface area contributed by atoms with Gasteiger partial charge in [0.1, 0.15) is 6.07 Å². The molecule has 0 radical (unpaired) electrons. The summed E-state index contributed by atoms with van der Waals surface area (Å²) in [5.74, 6) is 2.87. The molecule has 1 saturated carbocycles. The molecule has 1 aromatic carbocycles. The highest BCUT2D eigenvalue weighted by Gasteiger charge is 2.44. The van der Waals surface area contributed by atoms with Crippen molar-refractivity contribution in [2.24, 2.45) is 5.92 Å². The topological polar surface area (TPSA) is 53.1 Å². The van der Waals surface area contributed by atoms with Crippen LogP contribution in [0.2, 0.25) is 0 Å². The van der Waals surface area contributed by atoms with Crippen molar-refractivity contribution in [3.63, 3.8) is 0 Å². The summed E-state index contributed by atoms with van der Waals surface area (Å²) in [4.78, 5) is 6.69. The van der Waals surface area contributed by atoms with Crippen LogP contribution >= 0.6 is 0 Å². The fraction of sp³-hybridized carbons (Fsp3) is 0.474. The normalized spacial score (nSPS) is 26.8. The van der Waals surface area contributed by atoms with Crippen molar-refractivity contribution in [3.8, 4) is 6.07 Å². The van der Waals surface area contributed by atoms with Crippen LogP contribution in [0.3, 0.4) is 0 Å². The Morgan fingerprint density at radius 3 is 2.83 bits per heavy atom. The van der Waals surface area contributed by atoms with Gasteiger partial charge < -0.3 is 9.32 Å². The molecule has 3 unspecified atom stereocenters. The molecule has 3 atom stereocenters. The number of piperidine rings is 1. The third-order valence-corrected chi connectivity index (χ3v) is 5.01. The molecule has 4 rings (SSSR count). The zero-order valence-electron chi connectivity index (χ0n) is 13.4. The van der Waals surface area contributed by atoms with Crippen LogP contribution < -0.4 is 4.90 Å². The smallest absolute Gasteiger partial charge is 0.234 e. The lowest BCUT2D eigenvalue weighted by Crippen LogP contribution is -2.34. The number of benzene rings is 1. The van der Waals surface area contributed by atoms with E-state index in [1.807, 2.05) is 6.07 Å². The van der Waals surface area contributed by atoms with E-state index < -0.39 is 0 Å². The number of hydrogen-bond donors (Lipinski definition) is 0. The second-order valence-corrected chi connectivity index (χ2v) is 6.87. The molecule has 1 aliphatic heterocycles. The van der Waals surface area contributed by atoms with Crippen molar-refractivity contribution in [2.75, 3.05) is 18.0 Å². The van der Waals surface area contributed by atoms with E-state index in [0.29, 0.717) is 29.3 Å². The molecule has 118 valence electrons. The number of oxazole rings is 1. The van der Waals surface area contributed by atoms with Crippen LogP contribution in [-0.2, 0) is 0 Å². The third-order valence-electron chi connectivity index (χ3n) is 5.01. The van der Waals surface area contributed by atoms with E-state index in [9.17, 15) is 5.26 Å². The zero-order chi connectivity index (χ0) is 15.8. The fourth-order valence-corrected chi connectivity index (χ4v) is 3.68. The van der Waals surface area contributed by atoms with Crippen LogP contribution in [0.15, 0.2) is 34.7 Å². The molecule has 0 bridgehead atoms. The Hall–Kier alpha value is -2.28. The first-order chi connectivity index (χ1) is 11.3. The molecule has 23 heavy (non-hydrogen) atoms. The lowest BCUT2D eigenvalue weighted by Gasteiger charge is -2.30. The van der Waals surface area contributed by atoms with Crippen LogP contribution in [0, 0.1) is 17.2 Å². The lowest BCUT2D eigenvalue weighted by molar-refractivity contribution is 0.410. The van der Waals surface area contributed by atoms with Gasteiger partial charge >= 0.3 is 0 Å². The van der Waals surface area contributed by atoms with Crippen LogP contribution in [-0.4, -0.2) is 18.1 Å². The van der Waals surface area contributed by atoms with Gasteiger partial charge in [0.25, 0.3) is 0 Å². The van der Waals surface area contributed by atoms with E-state index in [1.54, 1.807) is 0 Å². The molecule has 1 aromatic heterocycles. The standard InChI is InChI=1S/C19H21N3O/c1-13-6-5-9-22(12-13)19-17(11-20)21-18(23-19)16-10-15(16)14-7-3-2-4-8-14/h2-4,7-8,13,15-16H,5-6,9-10,12H2,1H3. The molecule has 1 saturated heterocycles. The highest BCUT2D eigenvalue weighted by Crippen LogP contribution is 2.54. The van der Waals surface area contributed by atoms with Crippen molar-refractivity contribution >= 4 is 5.88 Å². The zero-order valence-corrected chi connectivity index (χ0v) is 13.4. The van der Waals surface area contributed by atoms with E-state index in [4.69, 9.17) is 4.42 Å². The highest BCUT2D eigenvalue weighted by atomic mass is 16.4. The first-order valence-corrected chi connectivity index (χ1v) is 8.47. The molecule has 1 aliphatic carbocycles. The van der Waals surface area contributed by atoms with Crippen molar-refractivity contribution < 1.29 is 4.42 Å². The Morgan fingerprint density at radius 1 is 1.26 bits per heavy atom. The van der Waals surface area contributed by atoms with Crippen LogP contribution in [0.1, 0.15) is 55.2 Å². The van der Waals surface area contributed by atoms with Gasteiger partial charge in [-0.1, -0.05) is 37.3 Å². The maximum Gasteiger partial charge on any atom is 0.234 e. The highest BCUT2D eigenvalue weighted by molar-refractivity contribution is 5.49. The number of aromatic nitrogens is 1. The predicted molar refractivity (Wildman–Crippen MR) is 88.4 cm³/mol. The predicted octanol–water partition coefficient (Wildman–Crippen LogP) is 4.05. The Kier molecular flexibility index (Phi) is 3.57. The molecule has 2 heterocycles. The number of nitrogens with zero attached hydrogens (tertiary/aromatic N) is 3. The van der Waals surface area contributed by atoms with Crippen molar-refractivity contribution in [2.45, 2.75) is 38.0 Å². The van der Waals surface area contributed by atoms with Gasteiger partial charge in [0.15, 0.2) is 0 Å². The second kappa shape index (κ2) is 5.73. The quantitative estimate of drug-likeness (QED) is 0.858. The Morgan fingerprint density at radius 2 is 2.09 bits per heavy atom. The van der Waals surface area contributed by atoms with Gasteiger partial charge in [0.05, 0.1) is 0 Å². The van der Waals surface area contributed by atoms with Crippen molar-refractivity contribution in [1.29, 1.82) is 5.26 Å². The van der Waals surface area contributed by atoms with Gasteiger partial charge in [-0.25, -0.2) is 4.98 Å². The number of hydrogen-bond acceptors (Lipinski definition) is 4. The molecule has 2 aromatic rings. The largest absolute Gasteiger partial charge is 0.423 e. The third kappa shape index (κ3) is 2.72. The maximum absolute atomic E-state index is 9.41. The van der Waals surface area contributed by atoms with Crippen LogP contribution in [0.4, 0.5) is 5.88 Å². The number of rotatable bonds is 3. The summed E-state index contributed by atoms with van der Waals surface area (Å²) in [6.45, 7) is 4.17. The Bertz CT molecular complexity index is 731. The van der Waals surface area contributed by atoms with Crippen LogP contribution in [0.25, 0.3) is 0 Å². The monoisotopic (exact) mass is 307 g/mol. The molecule has 2 fully saturated rings. The molecular weight excluding hydrogens is 286 g/mol. The Balaban J connectivity index is 1.56. The summed E-state index contributed by atoms with van der Waals surface area (Å²) < 4.78 is 6.06. The average molecular weight is 307 g/mol. The summed E-state index contributed by atoms with van der Waals surface area (Å²) in [6.07, 6.45) is 3.46. The molecule has 0 N–H and O–H groups in total. The van der Waals surface area contributed by atoms with Gasteiger partial charge in [-0.05, 0) is 36.7 Å². The minimum Gasteiger partial charge on any atom is -0.423 e. The summed E-state index contributed by atoms with van der Waals surface area (Å²) >= 11 is 0. The summed E-state index contributed by atoms with van der Waals surface area (Å²) in [5, 5.41) is 9.41. The molecule has 2 aliphatic rings. The molecule has 4 nitrogen and oxygen atoms in total. The summed E-state index contributed by atoms with van der Waals surface area (Å²) in [6, 6.07) is 12.7. The number of nitriles is 1. The maximum atomic E-state index is 9.41. The summed E-state index contributed by atoms with van der Waals surface area (Å²) in [5.41, 5.74) is 1.79. The van der Waals surface area contributed by atoms with E-state index in [1.165, 1.54) is 12.0 Å². The Labute approximate surface area is 136 Å². The second-order valence-electron chi connectivity index (χ2n) is 6.87. The van der Waals surface area contributed by atoms with Crippen molar-refractivity contribution in [1.82, 2.24) is 4.98 Å². The average Bonchev–Trinajstić information content (AvgIpc) is 3.27. The minimum atomic E-state index is 0.320. The van der Waals surface area contributed by atoms with Crippen LogP contribution in [0.5, 0.6) is 0 Å². The first-order valence-electron chi connectivity index (χ1n) is 8.47. The van der Waals surface area contributed by atoms with Gasteiger partial charge in [-0.15, -0.1) is 0 Å². The van der Waals surface area contributed by atoms with E-state index in [-0.39, 0.29) is 0 Å². The van der Waals surface area contributed by atoms with Gasteiger partial charge in [0.2, 0.25) is 17.5 Å². The minimum absolute atomic E-state index is 0.320. The van der Waals surface area contributed by atoms with Gasteiger partial charge in [-0.2, -0.15) is 5.26 Å². The van der Waals surface area contributed by atoms with E-state index in [2.05, 4.69) is 47.1 Å². The molecule has 0 spiro atoms.